The normalized spacial score (nSPS) is 11.7. The van der Waals surface area contributed by atoms with Crippen molar-refractivity contribution in [3.8, 4) is 11.1 Å². The van der Waals surface area contributed by atoms with Gasteiger partial charge in [0.25, 0.3) is 0 Å². The minimum atomic E-state index is 1.14. The molecule has 2 aromatic heterocycles. The maximum Gasteiger partial charge on any atom is 0.0476 e. The van der Waals surface area contributed by atoms with Crippen LogP contribution in [0.3, 0.4) is 0 Å². The fourth-order valence-electron chi connectivity index (χ4n) is 6.41. The van der Waals surface area contributed by atoms with Crippen molar-refractivity contribution in [3.05, 3.63) is 152 Å². The van der Waals surface area contributed by atoms with Crippen LogP contribution in [0.2, 0.25) is 0 Å². The van der Waals surface area contributed by atoms with Crippen molar-refractivity contribution in [1.82, 2.24) is 0 Å². The SMILES string of the molecule is c1ccc(N(c2ccc(-c3ccc4c(ccc5sc6ccccc6c54)c3)cc2)c2ccc3c(c2)sc2ccccc23)cc1. The van der Waals surface area contributed by atoms with Gasteiger partial charge in [-0.1, -0.05) is 91.0 Å². The van der Waals surface area contributed by atoms with E-state index >= 15 is 0 Å². The lowest BCUT2D eigenvalue weighted by molar-refractivity contribution is 1.29. The Morgan fingerprint density at radius 2 is 0.953 bits per heavy atom. The summed E-state index contributed by atoms with van der Waals surface area (Å²) in [6.07, 6.45) is 0. The minimum Gasteiger partial charge on any atom is -0.310 e. The summed E-state index contributed by atoms with van der Waals surface area (Å²) < 4.78 is 5.33. The predicted molar refractivity (Wildman–Crippen MR) is 190 cm³/mol. The van der Waals surface area contributed by atoms with Crippen LogP contribution in [0.1, 0.15) is 0 Å². The summed E-state index contributed by atoms with van der Waals surface area (Å²) in [4.78, 5) is 2.35. The van der Waals surface area contributed by atoms with E-state index in [1.54, 1.807) is 0 Å². The first-order chi connectivity index (χ1) is 21.3. The summed E-state index contributed by atoms with van der Waals surface area (Å²) >= 11 is 3.73. The van der Waals surface area contributed by atoms with E-state index in [4.69, 9.17) is 0 Å². The molecule has 0 spiro atoms. The molecule has 7 aromatic carbocycles. The summed E-state index contributed by atoms with van der Waals surface area (Å²) in [6.45, 7) is 0. The van der Waals surface area contributed by atoms with Crippen molar-refractivity contribution in [2.45, 2.75) is 0 Å². The maximum atomic E-state index is 2.35. The number of hydrogen-bond donors (Lipinski definition) is 0. The number of anilines is 3. The smallest absolute Gasteiger partial charge is 0.0476 e. The highest BCUT2D eigenvalue weighted by Crippen LogP contribution is 2.42. The molecular formula is C40H25NS2. The van der Waals surface area contributed by atoms with Crippen molar-refractivity contribution >= 4 is 90.9 Å². The quantitative estimate of drug-likeness (QED) is 0.199. The van der Waals surface area contributed by atoms with Gasteiger partial charge in [0, 0.05) is 57.4 Å². The lowest BCUT2D eigenvalue weighted by Crippen LogP contribution is -2.09. The molecule has 0 saturated carbocycles. The Kier molecular flexibility index (Phi) is 5.62. The molecule has 0 aliphatic carbocycles. The van der Waals surface area contributed by atoms with Crippen molar-refractivity contribution in [3.63, 3.8) is 0 Å². The zero-order valence-electron chi connectivity index (χ0n) is 23.2. The zero-order valence-corrected chi connectivity index (χ0v) is 24.8. The molecule has 2 heterocycles. The lowest BCUT2D eigenvalue weighted by atomic mass is 9.98. The van der Waals surface area contributed by atoms with Gasteiger partial charge in [-0.25, -0.2) is 0 Å². The van der Waals surface area contributed by atoms with Gasteiger partial charge in [0.05, 0.1) is 0 Å². The molecule has 0 atom stereocenters. The third kappa shape index (κ3) is 4.04. The molecule has 0 aliphatic heterocycles. The summed E-state index contributed by atoms with van der Waals surface area (Å²) in [5.41, 5.74) is 5.90. The molecule has 0 radical (unpaired) electrons. The summed E-state index contributed by atoms with van der Waals surface area (Å²) in [5, 5.41) is 7.96. The number of benzene rings is 7. The summed E-state index contributed by atoms with van der Waals surface area (Å²) in [5.74, 6) is 0. The Morgan fingerprint density at radius 3 is 1.79 bits per heavy atom. The highest BCUT2D eigenvalue weighted by atomic mass is 32.1. The van der Waals surface area contributed by atoms with Crippen molar-refractivity contribution in [2.24, 2.45) is 0 Å². The number of hydrogen-bond acceptors (Lipinski definition) is 3. The van der Waals surface area contributed by atoms with Gasteiger partial charge in [0.2, 0.25) is 0 Å². The van der Waals surface area contributed by atoms with E-state index in [2.05, 4.69) is 157 Å². The van der Waals surface area contributed by atoms with Gasteiger partial charge in [0.1, 0.15) is 0 Å². The Morgan fingerprint density at radius 1 is 0.349 bits per heavy atom. The molecule has 202 valence electrons. The van der Waals surface area contributed by atoms with Crippen LogP contribution in [0.5, 0.6) is 0 Å². The van der Waals surface area contributed by atoms with E-state index < -0.39 is 0 Å². The van der Waals surface area contributed by atoms with Gasteiger partial charge in [-0.2, -0.15) is 0 Å². The van der Waals surface area contributed by atoms with Gasteiger partial charge in [0.15, 0.2) is 0 Å². The van der Waals surface area contributed by atoms with Gasteiger partial charge in [-0.05, 0) is 82.6 Å². The van der Waals surface area contributed by atoms with Gasteiger partial charge < -0.3 is 4.90 Å². The van der Waals surface area contributed by atoms with Crippen molar-refractivity contribution in [2.75, 3.05) is 4.90 Å². The third-order valence-electron chi connectivity index (χ3n) is 8.45. The van der Waals surface area contributed by atoms with Crippen LogP contribution < -0.4 is 4.90 Å². The van der Waals surface area contributed by atoms with E-state index in [0.717, 1.165) is 17.1 Å². The van der Waals surface area contributed by atoms with E-state index in [1.807, 2.05) is 22.7 Å². The second-order valence-electron chi connectivity index (χ2n) is 11.0. The number of para-hydroxylation sites is 1. The molecule has 3 heteroatoms. The molecule has 0 fully saturated rings. The van der Waals surface area contributed by atoms with Crippen LogP contribution in [0.15, 0.2) is 152 Å². The Hall–Kier alpha value is -4.96. The first-order valence-corrected chi connectivity index (χ1v) is 16.1. The fraction of sp³-hybridized carbons (Fsp3) is 0. The molecule has 0 bridgehead atoms. The zero-order chi connectivity index (χ0) is 28.3. The molecule has 0 N–H and O–H groups in total. The lowest BCUT2D eigenvalue weighted by Gasteiger charge is -2.25. The average Bonchev–Trinajstić information content (AvgIpc) is 3.64. The molecule has 9 rings (SSSR count). The third-order valence-corrected chi connectivity index (χ3v) is 10.7. The van der Waals surface area contributed by atoms with Crippen LogP contribution >= 0.6 is 22.7 Å². The molecular weight excluding hydrogens is 559 g/mol. The number of nitrogens with zero attached hydrogens (tertiary/aromatic N) is 1. The summed E-state index contributed by atoms with van der Waals surface area (Å²) in [7, 11) is 0. The standard InChI is InChI=1S/C40H25NS2/c1-2-8-29(9-3-1)41(31-20-22-34-33-10-4-6-12-36(33)43-39(34)25-31)30-18-14-26(15-19-30)27-16-21-32-28(24-27)17-23-38-40(32)35-11-5-7-13-37(35)42-38/h1-25H. The monoisotopic (exact) mass is 583 g/mol. The van der Waals surface area contributed by atoms with Crippen molar-refractivity contribution in [1.29, 1.82) is 0 Å². The first kappa shape index (κ1) is 24.6. The van der Waals surface area contributed by atoms with Crippen LogP contribution in [0, 0.1) is 0 Å². The molecule has 0 amide bonds. The van der Waals surface area contributed by atoms with Gasteiger partial charge >= 0.3 is 0 Å². The highest BCUT2D eigenvalue weighted by Gasteiger charge is 2.15. The molecule has 1 nitrogen and oxygen atoms in total. The first-order valence-electron chi connectivity index (χ1n) is 14.5. The highest BCUT2D eigenvalue weighted by molar-refractivity contribution is 7.26. The van der Waals surface area contributed by atoms with E-state index in [0.29, 0.717) is 0 Å². The van der Waals surface area contributed by atoms with Crippen LogP contribution in [0.4, 0.5) is 17.1 Å². The Balaban J connectivity index is 1.13. The molecule has 0 saturated heterocycles. The topological polar surface area (TPSA) is 3.24 Å². The number of thiophene rings is 2. The average molecular weight is 584 g/mol. The van der Waals surface area contributed by atoms with E-state index in [9.17, 15) is 0 Å². The molecule has 43 heavy (non-hydrogen) atoms. The molecule has 9 aromatic rings. The molecule has 0 aliphatic rings. The second-order valence-corrected chi connectivity index (χ2v) is 13.1. The predicted octanol–water partition coefficient (Wildman–Crippen LogP) is 12.7. The number of rotatable bonds is 4. The van der Waals surface area contributed by atoms with E-state index in [-0.39, 0.29) is 0 Å². The van der Waals surface area contributed by atoms with E-state index in [1.165, 1.54) is 62.2 Å². The number of fused-ring (bicyclic) bond motifs is 8. The van der Waals surface area contributed by atoms with Crippen LogP contribution in [-0.2, 0) is 0 Å². The van der Waals surface area contributed by atoms with Crippen LogP contribution in [0.25, 0.3) is 62.2 Å². The van der Waals surface area contributed by atoms with Crippen LogP contribution in [-0.4, -0.2) is 0 Å². The fourth-order valence-corrected chi connectivity index (χ4v) is 8.67. The minimum absolute atomic E-state index is 1.14. The largest absolute Gasteiger partial charge is 0.310 e. The summed E-state index contributed by atoms with van der Waals surface area (Å²) in [6, 6.07) is 55.4. The van der Waals surface area contributed by atoms with Crippen molar-refractivity contribution < 1.29 is 0 Å². The van der Waals surface area contributed by atoms with Gasteiger partial charge in [-0.15, -0.1) is 22.7 Å². The second kappa shape index (κ2) is 9.81. The Labute approximate surface area is 257 Å². The molecule has 0 unspecified atom stereocenters. The van der Waals surface area contributed by atoms with Gasteiger partial charge in [-0.3, -0.25) is 0 Å². The maximum absolute atomic E-state index is 2.35. The Bertz CT molecular complexity index is 2450.